The fourth-order valence-corrected chi connectivity index (χ4v) is 6.20. The molecular formula is C45H30N4. The molecule has 49 heavy (non-hydrogen) atoms. The number of benzene rings is 7. The average Bonchev–Trinajstić information content (AvgIpc) is 3.63. The van der Waals surface area contributed by atoms with E-state index < -0.39 is 42.3 Å². The molecule has 0 spiro atoms. The van der Waals surface area contributed by atoms with Crippen LogP contribution in [0.5, 0.6) is 0 Å². The highest BCUT2D eigenvalue weighted by molar-refractivity contribution is 6.15. The normalized spacial score (nSPS) is 13.8. The monoisotopic (exact) mass is 635 g/mol. The maximum atomic E-state index is 9.08. The van der Waals surface area contributed by atoms with Gasteiger partial charge in [0.2, 0.25) is 0 Å². The highest BCUT2D eigenvalue weighted by Gasteiger charge is 2.17. The van der Waals surface area contributed by atoms with Gasteiger partial charge in [0, 0.05) is 33.2 Å². The minimum atomic E-state index is -0.526. The van der Waals surface area contributed by atoms with Gasteiger partial charge in [-0.15, -0.1) is 0 Å². The molecule has 0 unspecified atom stereocenters. The molecule has 4 heteroatoms. The van der Waals surface area contributed by atoms with E-state index in [9.17, 15) is 0 Å². The summed E-state index contributed by atoms with van der Waals surface area (Å²) in [5, 5.41) is 0.528. The van der Waals surface area contributed by atoms with E-state index in [-0.39, 0.29) is 34.1 Å². The first kappa shape index (κ1) is 20.6. The summed E-state index contributed by atoms with van der Waals surface area (Å²) < 4.78 is 79.4. The molecule has 0 atom stereocenters. The molecule has 0 N–H and O–H groups in total. The van der Waals surface area contributed by atoms with Crippen LogP contribution in [0.3, 0.4) is 0 Å². The molecule has 7 aromatic carbocycles. The average molecular weight is 636 g/mol. The van der Waals surface area contributed by atoms with Crippen molar-refractivity contribution in [3.63, 3.8) is 0 Å². The maximum Gasteiger partial charge on any atom is 0.164 e. The Bertz CT molecular complexity index is 3010. The summed E-state index contributed by atoms with van der Waals surface area (Å²) >= 11 is 0. The van der Waals surface area contributed by atoms with Gasteiger partial charge < -0.3 is 4.57 Å². The summed E-state index contributed by atoms with van der Waals surface area (Å²) in [6.45, 7) is 0. The van der Waals surface area contributed by atoms with Gasteiger partial charge in [-0.1, -0.05) is 158 Å². The molecule has 0 fully saturated rings. The van der Waals surface area contributed by atoms with Gasteiger partial charge in [-0.2, -0.15) is 0 Å². The number of rotatable bonds is 6. The fourth-order valence-electron chi connectivity index (χ4n) is 6.20. The second-order valence-electron chi connectivity index (χ2n) is 11.4. The molecule has 0 aliphatic carbocycles. The van der Waals surface area contributed by atoms with Crippen molar-refractivity contribution in [1.29, 1.82) is 0 Å². The van der Waals surface area contributed by atoms with Crippen LogP contribution in [0, 0.1) is 0 Å². The number of nitrogens with zero attached hydrogens (tertiary/aromatic N) is 4. The van der Waals surface area contributed by atoms with Crippen LogP contribution in [0.1, 0.15) is 12.3 Å². The summed E-state index contributed by atoms with van der Waals surface area (Å²) in [5.74, 6) is 1.63. The molecule has 0 saturated heterocycles. The lowest BCUT2D eigenvalue weighted by atomic mass is 9.99. The van der Waals surface area contributed by atoms with Crippen LogP contribution in [0.25, 0.3) is 83.9 Å². The lowest BCUT2D eigenvalue weighted by Crippen LogP contribution is -2.00. The Morgan fingerprint density at radius 3 is 1.63 bits per heavy atom. The quantitative estimate of drug-likeness (QED) is 0.183. The smallest absolute Gasteiger partial charge is 0.164 e. The standard InChI is InChI=1S/C45H30N4/c1-4-14-32(15-5-1)38-23-13-25-41-42(38)39-22-10-11-24-40(39)49(41)37-21-12-20-36(30-37)31-26-28-35(29-27-31)45-47-43(33-16-6-2-7-17-33)46-44(48-45)34-18-8-3-9-19-34/h1-30H/i1D,4D,5D,10D,11D,14D,15D,22D,24D. The number of hydrogen-bond acceptors (Lipinski definition) is 3. The van der Waals surface area contributed by atoms with Crippen LogP contribution < -0.4 is 0 Å². The first-order chi connectivity index (χ1) is 28.0. The number of para-hydroxylation sites is 1. The van der Waals surface area contributed by atoms with Crippen LogP contribution >= 0.6 is 0 Å². The molecule has 2 heterocycles. The van der Waals surface area contributed by atoms with Crippen molar-refractivity contribution in [2.45, 2.75) is 0 Å². The third-order valence-electron chi connectivity index (χ3n) is 8.47. The van der Waals surface area contributed by atoms with Gasteiger partial charge in [0.25, 0.3) is 0 Å². The van der Waals surface area contributed by atoms with E-state index in [0.29, 0.717) is 34.1 Å². The van der Waals surface area contributed by atoms with E-state index in [1.165, 1.54) is 0 Å². The third-order valence-corrected chi connectivity index (χ3v) is 8.47. The number of hydrogen-bond donors (Lipinski definition) is 0. The minimum Gasteiger partial charge on any atom is -0.309 e. The zero-order valence-electron chi connectivity index (χ0n) is 34.9. The van der Waals surface area contributed by atoms with Crippen molar-refractivity contribution in [2.75, 3.05) is 0 Å². The Balaban J connectivity index is 1.20. The number of aromatic nitrogens is 4. The molecule has 0 aliphatic rings. The molecule has 0 bridgehead atoms. The summed E-state index contributed by atoms with van der Waals surface area (Å²) in [5.41, 5.74) is 5.71. The summed E-state index contributed by atoms with van der Waals surface area (Å²) in [7, 11) is 0. The van der Waals surface area contributed by atoms with Gasteiger partial charge in [-0.05, 0) is 46.5 Å². The van der Waals surface area contributed by atoms with E-state index in [1.54, 1.807) is 22.8 Å². The minimum absolute atomic E-state index is 0.0538. The topological polar surface area (TPSA) is 43.6 Å². The predicted octanol–water partition coefficient (Wildman–Crippen LogP) is 11.3. The van der Waals surface area contributed by atoms with Crippen molar-refractivity contribution >= 4 is 21.8 Å². The van der Waals surface area contributed by atoms with Crippen LogP contribution in [0.2, 0.25) is 0 Å². The largest absolute Gasteiger partial charge is 0.309 e. The van der Waals surface area contributed by atoms with Crippen molar-refractivity contribution in [3.8, 4) is 62.1 Å². The Kier molecular flexibility index (Phi) is 5.11. The van der Waals surface area contributed by atoms with Gasteiger partial charge in [-0.25, -0.2) is 15.0 Å². The van der Waals surface area contributed by atoms with E-state index >= 15 is 0 Å². The van der Waals surface area contributed by atoms with E-state index in [2.05, 4.69) is 0 Å². The van der Waals surface area contributed by atoms with E-state index in [4.69, 9.17) is 27.3 Å². The summed E-state index contributed by atoms with van der Waals surface area (Å²) in [4.78, 5) is 14.5. The molecule has 4 nitrogen and oxygen atoms in total. The van der Waals surface area contributed by atoms with Crippen molar-refractivity contribution in [3.05, 3.63) is 182 Å². The maximum absolute atomic E-state index is 9.08. The second kappa shape index (κ2) is 12.2. The molecule has 9 rings (SSSR count). The third kappa shape index (κ3) is 5.26. The molecule has 9 aromatic rings. The van der Waals surface area contributed by atoms with Crippen LogP contribution in [-0.2, 0) is 0 Å². The van der Waals surface area contributed by atoms with E-state index in [1.807, 2.05) is 109 Å². The van der Waals surface area contributed by atoms with Crippen molar-refractivity contribution < 1.29 is 12.3 Å². The molecular weight excluding hydrogens is 597 g/mol. The summed E-state index contributed by atoms with van der Waals surface area (Å²) in [6, 6.07) is 36.3. The highest BCUT2D eigenvalue weighted by Crippen LogP contribution is 2.39. The summed E-state index contributed by atoms with van der Waals surface area (Å²) in [6.07, 6.45) is 0. The Labute approximate surface area is 297 Å². The second-order valence-corrected chi connectivity index (χ2v) is 11.4. The van der Waals surface area contributed by atoms with Gasteiger partial charge in [0.15, 0.2) is 17.5 Å². The molecule has 0 radical (unpaired) electrons. The highest BCUT2D eigenvalue weighted by atomic mass is 15.0. The lowest BCUT2D eigenvalue weighted by molar-refractivity contribution is 1.07. The SMILES string of the molecule is [2H]c1c([2H])c([2H])c(-c2cccc3c2c2c([2H])c([2H])c([2H])c([2H])c2n3-c2cccc(-c3ccc(-c4nc(-c5ccccc5)nc(-c5ccccc5)n4)cc3)c2)c([2H])c1[2H]. The first-order valence-corrected chi connectivity index (χ1v) is 15.7. The van der Waals surface area contributed by atoms with Gasteiger partial charge >= 0.3 is 0 Å². The van der Waals surface area contributed by atoms with Crippen LogP contribution in [0.4, 0.5) is 0 Å². The van der Waals surface area contributed by atoms with Gasteiger partial charge in [0.05, 0.1) is 23.4 Å². The molecule has 0 saturated carbocycles. The number of fused-ring (bicyclic) bond motifs is 3. The van der Waals surface area contributed by atoms with Crippen molar-refractivity contribution in [2.24, 2.45) is 0 Å². The van der Waals surface area contributed by atoms with E-state index in [0.717, 1.165) is 27.8 Å². The molecule has 0 aliphatic heterocycles. The first-order valence-electron chi connectivity index (χ1n) is 20.2. The zero-order valence-corrected chi connectivity index (χ0v) is 25.9. The van der Waals surface area contributed by atoms with Crippen molar-refractivity contribution in [1.82, 2.24) is 19.5 Å². The molecule has 230 valence electrons. The Hall–Kier alpha value is -6.65. The fraction of sp³-hybridized carbons (Fsp3) is 0. The molecule has 2 aromatic heterocycles. The molecule has 0 amide bonds. The predicted molar refractivity (Wildman–Crippen MR) is 201 cm³/mol. The lowest BCUT2D eigenvalue weighted by Gasteiger charge is -2.12. The van der Waals surface area contributed by atoms with Crippen LogP contribution in [-0.4, -0.2) is 19.5 Å². The Morgan fingerprint density at radius 2 is 0.959 bits per heavy atom. The van der Waals surface area contributed by atoms with Gasteiger partial charge in [0.1, 0.15) is 0 Å². The van der Waals surface area contributed by atoms with Gasteiger partial charge in [-0.3, -0.25) is 0 Å². The Morgan fingerprint density at radius 1 is 0.408 bits per heavy atom. The zero-order chi connectivity index (χ0) is 40.4. The van der Waals surface area contributed by atoms with Crippen LogP contribution in [0.15, 0.2) is 182 Å².